The van der Waals surface area contributed by atoms with E-state index in [0.29, 0.717) is 18.5 Å². The first kappa shape index (κ1) is 14.3. The van der Waals surface area contributed by atoms with Crippen molar-refractivity contribution in [3.05, 3.63) is 71.3 Å². The largest absolute Gasteiger partial charge is 0.448 e. The van der Waals surface area contributed by atoms with E-state index < -0.39 is 12.1 Å². The molecule has 22 heavy (non-hydrogen) atoms. The number of ether oxygens (including phenoxy) is 1. The fraction of sp³-hybridized carbons (Fsp3) is 0.222. The fourth-order valence-electron chi connectivity index (χ4n) is 2.57. The number of carbonyl (C=O) groups excluding carboxylic acids is 2. The van der Waals surface area contributed by atoms with Crippen LogP contribution in [0, 0.1) is 0 Å². The van der Waals surface area contributed by atoms with Gasteiger partial charge in [0.2, 0.25) is 0 Å². The Bertz CT molecular complexity index is 682. The van der Waals surface area contributed by atoms with E-state index >= 15 is 0 Å². The van der Waals surface area contributed by atoms with Crippen molar-refractivity contribution in [2.24, 2.45) is 0 Å². The maximum atomic E-state index is 12.2. The van der Waals surface area contributed by atoms with E-state index in [4.69, 9.17) is 4.74 Å². The quantitative estimate of drug-likeness (QED) is 0.879. The predicted octanol–water partition coefficient (Wildman–Crippen LogP) is 2.13. The summed E-state index contributed by atoms with van der Waals surface area (Å²) in [5.74, 6) is -0.663. The lowest BCUT2D eigenvalue weighted by Crippen LogP contribution is -2.42. The van der Waals surface area contributed by atoms with Crippen molar-refractivity contribution in [1.29, 1.82) is 0 Å². The summed E-state index contributed by atoms with van der Waals surface area (Å²) in [6.45, 7) is 0.526. The molecule has 112 valence electrons. The van der Waals surface area contributed by atoms with Gasteiger partial charge in [0.1, 0.15) is 0 Å². The van der Waals surface area contributed by atoms with E-state index in [0.717, 1.165) is 17.5 Å². The van der Waals surface area contributed by atoms with Crippen LogP contribution in [0.25, 0.3) is 0 Å². The first-order valence-electron chi connectivity index (χ1n) is 7.34. The fourth-order valence-corrected chi connectivity index (χ4v) is 2.57. The first-order valence-corrected chi connectivity index (χ1v) is 7.34. The molecule has 0 aliphatic carbocycles. The molecule has 0 bridgehead atoms. The Morgan fingerprint density at radius 3 is 2.64 bits per heavy atom. The highest BCUT2D eigenvalue weighted by atomic mass is 16.5. The Morgan fingerprint density at radius 2 is 1.82 bits per heavy atom. The van der Waals surface area contributed by atoms with Crippen LogP contribution < -0.4 is 5.32 Å². The number of amides is 1. The van der Waals surface area contributed by atoms with Crippen molar-refractivity contribution in [3.63, 3.8) is 0 Å². The number of hydrogen-bond acceptors (Lipinski definition) is 3. The minimum Gasteiger partial charge on any atom is -0.448 e. The number of hydrogen-bond donors (Lipinski definition) is 1. The lowest BCUT2D eigenvalue weighted by Gasteiger charge is -2.23. The van der Waals surface area contributed by atoms with E-state index in [9.17, 15) is 9.59 Å². The maximum Gasteiger partial charge on any atom is 0.339 e. The van der Waals surface area contributed by atoms with Crippen LogP contribution >= 0.6 is 0 Å². The van der Waals surface area contributed by atoms with Crippen LogP contribution in [0.3, 0.4) is 0 Å². The second-order valence-electron chi connectivity index (χ2n) is 5.28. The Morgan fingerprint density at radius 1 is 1.09 bits per heavy atom. The van der Waals surface area contributed by atoms with Crippen LogP contribution in [0.2, 0.25) is 0 Å². The molecule has 4 nitrogen and oxygen atoms in total. The summed E-state index contributed by atoms with van der Waals surface area (Å²) in [4.78, 5) is 24.0. The average Bonchev–Trinajstić information content (AvgIpc) is 2.56. The molecule has 1 amide bonds. The van der Waals surface area contributed by atoms with Crippen LogP contribution in [-0.4, -0.2) is 24.5 Å². The van der Waals surface area contributed by atoms with Crippen LogP contribution in [0.15, 0.2) is 54.6 Å². The van der Waals surface area contributed by atoms with Gasteiger partial charge in [0, 0.05) is 13.0 Å². The van der Waals surface area contributed by atoms with Gasteiger partial charge >= 0.3 is 5.97 Å². The summed E-state index contributed by atoms with van der Waals surface area (Å²) < 4.78 is 5.23. The summed E-state index contributed by atoms with van der Waals surface area (Å²) in [7, 11) is 0. The zero-order valence-electron chi connectivity index (χ0n) is 12.1. The van der Waals surface area contributed by atoms with Crippen LogP contribution in [0.5, 0.6) is 0 Å². The minimum absolute atomic E-state index is 0.237. The van der Waals surface area contributed by atoms with Crippen molar-refractivity contribution in [1.82, 2.24) is 5.32 Å². The highest BCUT2D eigenvalue weighted by Crippen LogP contribution is 2.20. The molecule has 1 aliphatic rings. The molecule has 0 fully saturated rings. The summed E-state index contributed by atoms with van der Waals surface area (Å²) in [5, 5.41) is 2.84. The number of esters is 1. The van der Waals surface area contributed by atoms with E-state index in [1.165, 1.54) is 0 Å². The Hall–Kier alpha value is -2.62. The molecule has 1 unspecified atom stereocenters. The minimum atomic E-state index is -0.738. The second kappa shape index (κ2) is 6.43. The van der Waals surface area contributed by atoms with Crippen LogP contribution in [-0.2, 0) is 22.4 Å². The van der Waals surface area contributed by atoms with Gasteiger partial charge in [-0.3, -0.25) is 4.79 Å². The van der Waals surface area contributed by atoms with E-state index in [-0.39, 0.29) is 5.91 Å². The Labute approximate surface area is 129 Å². The normalized spacial score (nSPS) is 16.5. The third-order valence-corrected chi connectivity index (χ3v) is 3.74. The van der Waals surface area contributed by atoms with Gasteiger partial charge in [-0.1, -0.05) is 48.5 Å². The number of nitrogens with one attached hydrogen (secondary N) is 1. The van der Waals surface area contributed by atoms with E-state index in [1.54, 1.807) is 12.1 Å². The summed E-state index contributed by atoms with van der Waals surface area (Å²) in [5.41, 5.74) is 2.58. The third kappa shape index (κ3) is 3.17. The molecular weight excluding hydrogens is 278 g/mol. The Kier molecular flexibility index (Phi) is 4.19. The molecule has 0 aromatic heterocycles. The number of carbonyl (C=O) groups is 2. The van der Waals surface area contributed by atoms with Gasteiger partial charge in [-0.25, -0.2) is 4.79 Å². The molecule has 2 aromatic carbocycles. The molecule has 0 spiro atoms. The first-order chi connectivity index (χ1) is 10.7. The Balaban J connectivity index is 1.56. The maximum absolute atomic E-state index is 12.2. The number of cyclic esters (lactones) is 1. The van der Waals surface area contributed by atoms with Crippen molar-refractivity contribution >= 4 is 11.9 Å². The van der Waals surface area contributed by atoms with Gasteiger partial charge in [0.05, 0.1) is 5.56 Å². The zero-order chi connectivity index (χ0) is 15.4. The summed E-state index contributed by atoms with van der Waals surface area (Å²) in [6, 6.07) is 17.2. The average molecular weight is 295 g/mol. The number of fused-ring (bicyclic) bond motifs is 1. The molecule has 3 rings (SSSR count). The third-order valence-electron chi connectivity index (χ3n) is 3.74. The standard InChI is InChI=1S/C18H17NO3/c20-17(19-11-10-13-6-2-1-3-7-13)16-12-14-8-4-5-9-15(14)18(21)22-16/h1-9,16H,10-12H2,(H,19,20). The van der Waals surface area contributed by atoms with Gasteiger partial charge in [0.25, 0.3) is 5.91 Å². The zero-order valence-corrected chi connectivity index (χ0v) is 12.1. The van der Waals surface area contributed by atoms with Crippen LogP contribution in [0.4, 0.5) is 0 Å². The van der Waals surface area contributed by atoms with Crippen molar-refractivity contribution in [3.8, 4) is 0 Å². The molecule has 1 aliphatic heterocycles. The molecule has 0 saturated heterocycles. The highest BCUT2D eigenvalue weighted by Gasteiger charge is 2.30. The molecule has 4 heteroatoms. The molecule has 1 atom stereocenters. The van der Waals surface area contributed by atoms with Crippen molar-refractivity contribution in [2.45, 2.75) is 18.9 Å². The summed E-state index contributed by atoms with van der Waals surface area (Å²) >= 11 is 0. The summed E-state index contributed by atoms with van der Waals surface area (Å²) in [6.07, 6.45) is 0.446. The van der Waals surface area contributed by atoms with Gasteiger partial charge in [-0.2, -0.15) is 0 Å². The topological polar surface area (TPSA) is 55.4 Å². The van der Waals surface area contributed by atoms with E-state index in [1.807, 2.05) is 42.5 Å². The van der Waals surface area contributed by atoms with Gasteiger partial charge in [-0.05, 0) is 23.6 Å². The SMILES string of the molecule is O=C1OC(C(=O)NCCc2ccccc2)Cc2ccccc21. The molecular formula is C18H17NO3. The van der Waals surface area contributed by atoms with Gasteiger partial charge in [-0.15, -0.1) is 0 Å². The lowest BCUT2D eigenvalue weighted by molar-refractivity contribution is -0.130. The van der Waals surface area contributed by atoms with Crippen LogP contribution in [0.1, 0.15) is 21.5 Å². The van der Waals surface area contributed by atoms with E-state index in [2.05, 4.69) is 5.32 Å². The predicted molar refractivity (Wildman–Crippen MR) is 82.5 cm³/mol. The van der Waals surface area contributed by atoms with Gasteiger partial charge < -0.3 is 10.1 Å². The molecule has 1 heterocycles. The smallest absolute Gasteiger partial charge is 0.339 e. The lowest BCUT2D eigenvalue weighted by atomic mass is 9.98. The highest BCUT2D eigenvalue weighted by molar-refractivity contribution is 5.95. The molecule has 0 saturated carbocycles. The molecule has 1 N–H and O–H groups in total. The second-order valence-corrected chi connectivity index (χ2v) is 5.28. The van der Waals surface area contributed by atoms with Crippen molar-refractivity contribution in [2.75, 3.05) is 6.54 Å². The monoisotopic (exact) mass is 295 g/mol. The van der Waals surface area contributed by atoms with Gasteiger partial charge in [0.15, 0.2) is 6.10 Å². The molecule has 0 radical (unpaired) electrons. The molecule has 2 aromatic rings. The number of benzene rings is 2. The number of rotatable bonds is 4. The van der Waals surface area contributed by atoms with Crippen molar-refractivity contribution < 1.29 is 14.3 Å².